The van der Waals surface area contributed by atoms with Gasteiger partial charge < -0.3 is 24.4 Å². The fraction of sp³-hybridized carbons (Fsp3) is 0.481. The van der Waals surface area contributed by atoms with Gasteiger partial charge in [-0.1, -0.05) is 26.0 Å². The lowest BCUT2D eigenvalue weighted by Gasteiger charge is -2.36. The maximum absolute atomic E-state index is 13.5. The molecule has 1 heterocycles. The maximum Gasteiger partial charge on any atom is 0.253 e. The highest BCUT2D eigenvalue weighted by molar-refractivity contribution is 5.94. The summed E-state index contributed by atoms with van der Waals surface area (Å²) in [6.07, 6.45) is 1.29. The Kier molecular flexibility index (Phi) is 8.07. The van der Waals surface area contributed by atoms with E-state index in [1.807, 2.05) is 17.0 Å². The third kappa shape index (κ3) is 5.64. The van der Waals surface area contributed by atoms with Crippen molar-refractivity contribution in [1.29, 1.82) is 0 Å². The number of nitrogens with zero attached hydrogens (tertiary/aromatic N) is 2. The minimum atomic E-state index is -0.454. The van der Waals surface area contributed by atoms with Gasteiger partial charge in [0.25, 0.3) is 5.91 Å². The standard InChI is InChI=1S/C27H36N2O5/c1-17-11-18(2)16-29(15-17)25(31)14-22(19-7-9-20(10-8-19)27(32)28(3)4)26-23(30)12-21(33-5)13-24(26)34-6/h7-10,12-13,17-18,22,30H,11,14-16H2,1-6H3. The molecule has 7 nitrogen and oxygen atoms in total. The molecule has 0 spiro atoms. The van der Waals surface area contributed by atoms with Crippen molar-refractivity contribution in [2.24, 2.45) is 11.8 Å². The van der Waals surface area contributed by atoms with Crippen LogP contribution in [0.15, 0.2) is 36.4 Å². The second kappa shape index (κ2) is 10.8. The van der Waals surface area contributed by atoms with Gasteiger partial charge in [0.15, 0.2) is 0 Å². The van der Waals surface area contributed by atoms with E-state index in [0.29, 0.717) is 34.5 Å². The van der Waals surface area contributed by atoms with Crippen LogP contribution < -0.4 is 9.47 Å². The van der Waals surface area contributed by atoms with Crippen molar-refractivity contribution >= 4 is 11.8 Å². The maximum atomic E-state index is 13.5. The number of methoxy groups -OCH3 is 2. The summed E-state index contributed by atoms with van der Waals surface area (Å²) in [7, 11) is 6.47. The SMILES string of the molecule is COc1cc(O)c(C(CC(=O)N2CC(C)CC(C)C2)c2ccc(C(=O)N(C)C)cc2)c(OC)c1. The summed E-state index contributed by atoms with van der Waals surface area (Å²) >= 11 is 0. The number of carbonyl (C=O) groups excluding carboxylic acids is 2. The molecule has 0 aromatic heterocycles. The van der Waals surface area contributed by atoms with Gasteiger partial charge in [0.2, 0.25) is 5.91 Å². The van der Waals surface area contributed by atoms with Crippen molar-refractivity contribution < 1.29 is 24.2 Å². The molecule has 1 aliphatic rings. The Hall–Kier alpha value is -3.22. The van der Waals surface area contributed by atoms with E-state index in [0.717, 1.165) is 25.1 Å². The average Bonchev–Trinajstić information content (AvgIpc) is 2.81. The molecule has 0 bridgehead atoms. The molecule has 3 rings (SSSR count). The van der Waals surface area contributed by atoms with Crippen LogP contribution in [-0.2, 0) is 4.79 Å². The summed E-state index contributed by atoms with van der Waals surface area (Å²) in [5.41, 5.74) is 1.91. The van der Waals surface area contributed by atoms with Crippen molar-refractivity contribution in [3.63, 3.8) is 0 Å². The van der Waals surface area contributed by atoms with Gasteiger partial charge in [0.05, 0.1) is 14.2 Å². The van der Waals surface area contributed by atoms with E-state index in [2.05, 4.69) is 13.8 Å². The number of phenols is 1. The molecule has 3 atom stereocenters. The molecule has 7 heteroatoms. The third-order valence-corrected chi connectivity index (χ3v) is 6.46. The van der Waals surface area contributed by atoms with Gasteiger partial charge >= 0.3 is 0 Å². The number of rotatable bonds is 7. The van der Waals surface area contributed by atoms with E-state index < -0.39 is 5.92 Å². The van der Waals surface area contributed by atoms with Crippen LogP contribution in [0.4, 0.5) is 0 Å². The summed E-state index contributed by atoms with van der Waals surface area (Å²) in [5, 5.41) is 10.9. The molecule has 2 aromatic rings. The number of phenolic OH excluding ortho intramolecular Hbond substituents is 1. The molecule has 0 saturated carbocycles. The van der Waals surface area contributed by atoms with Gasteiger partial charge in [0, 0.05) is 62.8 Å². The van der Waals surface area contributed by atoms with Gasteiger partial charge in [-0.3, -0.25) is 9.59 Å². The lowest BCUT2D eigenvalue weighted by Crippen LogP contribution is -2.43. The first-order valence-electron chi connectivity index (χ1n) is 11.7. The van der Waals surface area contributed by atoms with Crippen molar-refractivity contribution in [2.45, 2.75) is 32.6 Å². The Bertz CT molecular complexity index is 1010. The van der Waals surface area contributed by atoms with E-state index in [-0.39, 0.29) is 24.0 Å². The highest BCUT2D eigenvalue weighted by Gasteiger charge is 2.31. The van der Waals surface area contributed by atoms with E-state index in [4.69, 9.17) is 9.47 Å². The lowest BCUT2D eigenvalue weighted by atomic mass is 9.85. The molecule has 1 aliphatic heterocycles. The molecule has 0 radical (unpaired) electrons. The number of carbonyl (C=O) groups is 2. The Balaban J connectivity index is 2.02. The Morgan fingerprint density at radius 3 is 2.21 bits per heavy atom. The third-order valence-electron chi connectivity index (χ3n) is 6.46. The number of piperidine rings is 1. The van der Waals surface area contributed by atoms with Gasteiger partial charge in [-0.15, -0.1) is 0 Å². The van der Waals surface area contributed by atoms with Crippen LogP contribution in [0.25, 0.3) is 0 Å². The van der Waals surface area contributed by atoms with Crippen molar-refractivity contribution in [3.05, 3.63) is 53.1 Å². The second-order valence-electron chi connectivity index (χ2n) is 9.59. The first-order chi connectivity index (χ1) is 16.1. The molecule has 2 amide bonds. The molecular weight excluding hydrogens is 432 g/mol. The van der Waals surface area contributed by atoms with E-state index in [1.54, 1.807) is 32.3 Å². The molecule has 2 aromatic carbocycles. The Morgan fingerprint density at radius 1 is 1.06 bits per heavy atom. The fourth-order valence-electron chi connectivity index (χ4n) is 4.90. The monoisotopic (exact) mass is 468 g/mol. The van der Waals surface area contributed by atoms with Crippen LogP contribution in [0.1, 0.15) is 54.1 Å². The van der Waals surface area contributed by atoms with E-state index >= 15 is 0 Å². The van der Waals surface area contributed by atoms with Crippen LogP contribution in [0, 0.1) is 11.8 Å². The fourth-order valence-corrected chi connectivity index (χ4v) is 4.90. The minimum Gasteiger partial charge on any atom is -0.507 e. The number of amides is 2. The summed E-state index contributed by atoms with van der Waals surface area (Å²) in [5.74, 6) is 1.30. The quantitative estimate of drug-likeness (QED) is 0.661. The zero-order chi connectivity index (χ0) is 25.0. The zero-order valence-electron chi connectivity index (χ0n) is 21.0. The lowest BCUT2D eigenvalue weighted by molar-refractivity contribution is -0.134. The summed E-state index contributed by atoms with van der Waals surface area (Å²) < 4.78 is 10.9. The van der Waals surface area contributed by atoms with Gasteiger partial charge in [-0.05, 0) is 36.0 Å². The molecular formula is C27H36N2O5. The van der Waals surface area contributed by atoms with Gasteiger partial charge in [0.1, 0.15) is 17.2 Å². The highest BCUT2D eigenvalue weighted by atomic mass is 16.5. The van der Waals surface area contributed by atoms with Crippen LogP contribution >= 0.6 is 0 Å². The van der Waals surface area contributed by atoms with Crippen molar-refractivity contribution in [2.75, 3.05) is 41.4 Å². The number of ether oxygens (including phenoxy) is 2. The average molecular weight is 469 g/mol. The van der Waals surface area contributed by atoms with E-state index in [1.165, 1.54) is 25.2 Å². The van der Waals surface area contributed by atoms with Crippen LogP contribution in [-0.4, -0.2) is 68.1 Å². The molecule has 1 fully saturated rings. The summed E-state index contributed by atoms with van der Waals surface area (Å²) in [6.45, 7) is 5.81. The van der Waals surface area contributed by atoms with Gasteiger partial charge in [-0.25, -0.2) is 0 Å². The summed E-state index contributed by atoms with van der Waals surface area (Å²) in [6, 6.07) is 10.4. The second-order valence-corrected chi connectivity index (χ2v) is 9.59. The van der Waals surface area contributed by atoms with Crippen LogP contribution in [0.5, 0.6) is 17.2 Å². The van der Waals surface area contributed by atoms with Gasteiger partial charge in [-0.2, -0.15) is 0 Å². The number of aromatic hydroxyl groups is 1. The van der Waals surface area contributed by atoms with Crippen LogP contribution in [0.2, 0.25) is 0 Å². The molecule has 1 saturated heterocycles. The first-order valence-corrected chi connectivity index (χ1v) is 11.7. The topological polar surface area (TPSA) is 79.3 Å². The predicted octanol–water partition coefficient (Wildman–Crippen LogP) is 4.14. The molecule has 34 heavy (non-hydrogen) atoms. The zero-order valence-corrected chi connectivity index (χ0v) is 21.0. The summed E-state index contributed by atoms with van der Waals surface area (Å²) in [4.78, 5) is 29.3. The molecule has 184 valence electrons. The molecule has 0 aliphatic carbocycles. The predicted molar refractivity (Wildman–Crippen MR) is 132 cm³/mol. The van der Waals surface area contributed by atoms with E-state index in [9.17, 15) is 14.7 Å². The first kappa shape index (κ1) is 25.4. The Morgan fingerprint density at radius 2 is 1.68 bits per heavy atom. The smallest absolute Gasteiger partial charge is 0.253 e. The minimum absolute atomic E-state index is 0.00262. The number of hydrogen-bond acceptors (Lipinski definition) is 5. The Labute approximate surface area is 202 Å². The number of hydrogen-bond donors (Lipinski definition) is 1. The number of likely N-dealkylation sites (tertiary alicyclic amines) is 1. The largest absolute Gasteiger partial charge is 0.507 e. The molecule has 3 unspecified atom stereocenters. The number of benzene rings is 2. The molecule has 1 N–H and O–H groups in total. The van der Waals surface area contributed by atoms with Crippen molar-refractivity contribution in [1.82, 2.24) is 9.80 Å². The highest BCUT2D eigenvalue weighted by Crippen LogP contribution is 2.43. The normalized spacial score (nSPS) is 18.8. The van der Waals surface area contributed by atoms with Crippen molar-refractivity contribution in [3.8, 4) is 17.2 Å². The van der Waals surface area contributed by atoms with Crippen LogP contribution in [0.3, 0.4) is 0 Å².